The van der Waals surface area contributed by atoms with Gasteiger partial charge in [-0.25, -0.2) is 0 Å². The molecule has 160 valence electrons. The van der Waals surface area contributed by atoms with Gasteiger partial charge in [-0.1, -0.05) is 23.8 Å². The van der Waals surface area contributed by atoms with Crippen molar-refractivity contribution in [2.75, 3.05) is 26.4 Å². The molecule has 0 aromatic carbocycles. The Balaban J connectivity index is 2.11. The monoisotopic (exact) mass is 396 g/mol. The lowest BCUT2D eigenvalue weighted by molar-refractivity contribution is -0.234. The first-order chi connectivity index (χ1) is 13.1. The number of fused-ring (bicyclic) bond motifs is 1. The normalized spacial score (nSPS) is 29.4. The second kappa shape index (κ2) is 10.1. The highest BCUT2D eigenvalue weighted by atomic mass is 16.8. The molecule has 0 aromatic rings. The molecule has 2 heterocycles. The fourth-order valence-electron chi connectivity index (χ4n) is 3.13. The molecule has 5 atom stereocenters. The Bertz CT molecular complexity index is 578. The minimum Gasteiger partial charge on any atom is -0.374 e. The molecule has 2 rings (SSSR count). The molecule has 0 spiro atoms. The molecule has 6 nitrogen and oxygen atoms in total. The summed E-state index contributed by atoms with van der Waals surface area (Å²) in [5.41, 5.74) is 3.39. The van der Waals surface area contributed by atoms with E-state index in [9.17, 15) is 0 Å². The van der Waals surface area contributed by atoms with Gasteiger partial charge >= 0.3 is 0 Å². The minimum atomic E-state index is -0.707. The van der Waals surface area contributed by atoms with Crippen molar-refractivity contribution in [3.63, 3.8) is 0 Å². The molecule has 0 bridgehead atoms. The quantitative estimate of drug-likeness (QED) is 0.496. The van der Waals surface area contributed by atoms with E-state index >= 15 is 0 Å². The first kappa shape index (κ1) is 23.3. The van der Waals surface area contributed by atoms with Crippen LogP contribution in [-0.4, -0.2) is 62.9 Å². The third-order valence-electron chi connectivity index (χ3n) is 4.80. The van der Waals surface area contributed by atoms with Gasteiger partial charge in [0.15, 0.2) is 12.1 Å². The first-order valence-electron chi connectivity index (χ1n) is 9.85. The summed E-state index contributed by atoms with van der Waals surface area (Å²) in [6.07, 6.45) is -0.160. The summed E-state index contributed by atoms with van der Waals surface area (Å²) in [6, 6.07) is 0. The van der Waals surface area contributed by atoms with Gasteiger partial charge in [0, 0.05) is 0 Å². The molecule has 0 amide bonds. The third kappa shape index (κ3) is 6.24. The zero-order valence-electron chi connectivity index (χ0n) is 18.2. The lowest BCUT2D eigenvalue weighted by Gasteiger charge is -2.31. The van der Waals surface area contributed by atoms with E-state index < -0.39 is 12.1 Å². The molecule has 2 aliphatic heterocycles. The number of ether oxygens (including phenoxy) is 6. The predicted molar refractivity (Wildman–Crippen MR) is 108 cm³/mol. The van der Waals surface area contributed by atoms with Gasteiger partial charge in [0.25, 0.3) is 0 Å². The van der Waals surface area contributed by atoms with Crippen LogP contribution in [0.3, 0.4) is 0 Å². The molecule has 2 fully saturated rings. The van der Waals surface area contributed by atoms with E-state index in [0.29, 0.717) is 26.4 Å². The Morgan fingerprint density at radius 2 is 1.86 bits per heavy atom. The van der Waals surface area contributed by atoms with Crippen LogP contribution in [0.25, 0.3) is 0 Å². The van der Waals surface area contributed by atoms with Crippen LogP contribution in [0.1, 0.15) is 41.5 Å². The Kier molecular flexibility index (Phi) is 8.43. The average molecular weight is 397 g/mol. The van der Waals surface area contributed by atoms with Gasteiger partial charge in [0.05, 0.1) is 26.4 Å². The van der Waals surface area contributed by atoms with Crippen LogP contribution in [0.15, 0.2) is 36.0 Å². The smallest absolute Gasteiger partial charge is 0.190 e. The van der Waals surface area contributed by atoms with Gasteiger partial charge in [-0.05, 0) is 47.1 Å². The van der Waals surface area contributed by atoms with Crippen molar-refractivity contribution in [1.29, 1.82) is 0 Å². The third-order valence-corrected chi connectivity index (χ3v) is 4.80. The lowest BCUT2D eigenvalue weighted by atomic mass is 10.1. The summed E-state index contributed by atoms with van der Waals surface area (Å²) >= 11 is 0. The zero-order chi connectivity index (χ0) is 20.9. The maximum atomic E-state index is 6.18. The number of hydrogen-bond donors (Lipinski definition) is 0. The van der Waals surface area contributed by atoms with Crippen molar-refractivity contribution in [3.8, 4) is 0 Å². The molecule has 0 aromatic heterocycles. The Hall–Kier alpha value is -1.02. The van der Waals surface area contributed by atoms with Crippen molar-refractivity contribution in [2.24, 2.45) is 0 Å². The second-order valence-electron chi connectivity index (χ2n) is 8.26. The molecule has 0 N–H and O–H groups in total. The second-order valence-corrected chi connectivity index (χ2v) is 8.26. The highest BCUT2D eigenvalue weighted by Crippen LogP contribution is 2.40. The maximum Gasteiger partial charge on any atom is 0.190 e. The summed E-state index contributed by atoms with van der Waals surface area (Å²) < 4.78 is 36.1. The van der Waals surface area contributed by atoms with E-state index in [1.54, 1.807) is 6.08 Å². The SMILES string of the molecule is C=CCO[C@@H]1[C@H]2OC(C)(C)O[C@H]2O[C@@H]1[C@@H](COCC(C)=C(C)C)OCC(=C)C. The summed E-state index contributed by atoms with van der Waals surface area (Å²) in [5, 5.41) is 0. The molecule has 2 aliphatic rings. The summed E-state index contributed by atoms with van der Waals surface area (Å²) in [5.74, 6) is -0.707. The Morgan fingerprint density at radius 1 is 1.14 bits per heavy atom. The van der Waals surface area contributed by atoms with Crippen LogP contribution in [-0.2, 0) is 28.4 Å². The molecular formula is C22H36O6. The highest BCUT2D eigenvalue weighted by Gasteiger charge is 2.57. The van der Waals surface area contributed by atoms with Crippen molar-refractivity contribution in [3.05, 3.63) is 36.0 Å². The van der Waals surface area contributed by atoms with E-state index in [4.69, 9.17) is 28.4 Å². The van der Waals surface area contributed by atoms with Gasteiger partial charge in [0.1, 0.15) is 24.4 Å². The molecule has 6 heteroatoms. The van der Waals surface area contributed by atoms with E-state index in [1.807, 2.05) is 20.8 Å². The highest BCUT2D eigenvalue weighted by molar-refractivity contribution is 5.07. The zero-order valence-corrected chi connectivity index (χ0v) is 18.2. The average Bonchev–Trinajstić information content (AvgIpc) is 3.07. The van der Waals surface area contributed by atoms with E-state index in [0.717, 1.165) is 5.57 Å². The van der Waals surface area contributed by atoms with Gasteiger partial charge in [0.2, 0.25) is 0 Å². The minimum absolute atomic E-state index is 0.324. The number of hydrogen-bond acceptors (Lipinski definition) is 6. The fraction of sp³-hybridized carbons (Fsp3) is 0.727. The van der Waals surface area contributed by atoms with E-state index in [2.05, 4.69) is 33.9 Å². The van der Waals surface area contributed by atoms with Gasteiger partial charge in [-0.2, -0.15) is 0 Å². The summed E-state index contributed by atoms with van der Waals surface area (Å²) in [4.78, 5) is 0. The van der Waals surface area contributed by atoms with Crippen molar-refractivity contribution < 1.29 is 28.4 Å². The maximum absolute atomic E-state index is 6.18. The predicted octanol–water partition coefficient (Wildman–Crippen LogP) is 3.77. The molecule has 0 unspecified atom stereocenters. The molecule has 0 aliphatic carbocycles. The van der Waals surface area contributed by atoms with Crippen LogP contribution in [0.2, 0.25) is 0 Å². The fourth-order valence-corrected chi connectivity index (χ4v) is 3.13. The molecule has 0 radical (unpaired) electrons. The topological polar surface area (TPSA) is 55.4 Å². The summed E-state index contributed by atoms with van der Waals surface area (Å²) in [7, 11) is 0. The van der Waals surface area contributed by atoms with Crippen LogP contribution in [0, 0.1) is 0 Å². The van der Waals surface area contributed by atoms with Crippen molar-refractivity contribution in [1.82, 2.24) is 0 Å². The van der Waals surface area contributed by atoms with Crippen LogP contribution in [0.4, 0.5) is 0 Å². The molecule has 28 heavy (non-hydrogen) atoms. The van der Waals surface area contributed by atoms with Crippen molar-refractivity contribution >= 4 is 0 Å². The summed E-state index contributed by atoms with van der Waals surface area (Å²) in [6.45, 7) is 21.3. The first-order valence-corrected chi connectivity index (χ1v) is 9.85. The number of allylic oxidation sites excluding steroid dienone is 1. The number of rotatable bonds is 11. The molecule has 0 saturated carbocycles. The Labute approximate surface area is 169 Å². The molecular weight excluding hydrogens is 360 g/mol. The van der Waals surface area contributed by atoms with E-state index in [-0.39, 0.29) is 24.4 Å². The van der Waals surface area contributed by atoms with E-state index in [1.165, 1.54) is 11.1 Å². The molecule has 2 saturated heterocycles. The van der Waals surface area contributed by atoms with Gasteiger partial charge in [-0.15, -0.1) is 6.58 Å². The standard InChI is InChI=1S/C22H36O6/c1-9-10-24-19-18(26-21-20(19)27-22(7,8)28-21)17(25-11-14(2)3)13-23-12-16(6)15(4)5/h9,17-21H,1-2,10-13H2,3-8H3/t17-,18-,19+,20-,21-/m1/s1. The largest absolute Gasteiger partial charge is 0.374 e. The van der Waals surface area contributed by atoms with Crippen LogP contribution >= 0.6 is 0 Å². The van der Waals surface area contributed by atoms with Crippen LogP contribution < -0.4 is 0 Å². The lowest BCUT2D eigenvalue weighted by Crippen LogP contribution is -2.46. The van der Waals surface area contributed by atoms with Gasteiger partial charge in [-0.3, -0.25) is 0 Å². The van der Waals surface area contributed by atoms with Crippen LogP contribution in [0.5, 0.6) is 0 Å². The van der Waals surface area contributed by atoms with Crippen molar-refractivity contribution in [2.45, 2.75) is 78.0 Å². The van der Waals surface area contributed by atoms with Gasteiger partial charge < -0.3 is 28.4 Å². The Morgan fingerprint density at radius 3 is 2.46 bits per heavy atom.